The van der Waals surface area contributed by atoms with Gasteiger partial charge in [-0.15, -0.1) is 0 Å². The highest BCUT2D eigenvalue weighted by Crippen LogP contribution is 2.43. The van der Waals surface area contributed by atoms with E-state index in [-0.39, 0.29) is 18.8 Å². The van der Waals surface area contributed by atoms with Crippen molar-refractivity contribution in [2.75, 3.05) is 42.6 Å². The van der Waals surface area contributed by atoms with Gasteiger partial charge in [-0.05, 0) is 57.2 Å². The first kappa shape index (κ1) is 20.3. The van der Waals surface area contributed by atoms with Crippen LogP contribution in [0.25, 0.3) is 0 Å². The predicted molar refractivity (Wildman–Crippen MR) is 111 cm³/mol. The van der Waals surface area contributed by atoms with Gasteiger partial charge in [-0.2, -0.15) is 0 Å². The fourth-order valence-corrected chi connectivity index (χ4v) is 4.15. The van der Waals surface area contributed by atoms with Gasteiger partial charge in [0.2, 0.25) is 0 Å². The van der Waals surface area contributed by atoms with Gasteiger partial charge < -0.3 is 19.3 Å². The number of rotatable bonds is 7. The molecule has 0 N–H and O–H groups in total. The van der Waals surface area contributed by atoms with Crippen LogP contribution in [0, 0.1) is 0 Å². The summed E-state index contributed by atoms with van der Waals surface area (Å²) in [7, 11) is 0. The molecular weight excluding hydrogens is 378 g/mol. The molecule has 1 aromatic rings. The van der Waals surface area contributed by atoms with Crippen molar-refractivity contribution < 1.29 is 19.1 Å². The molecule has 7 nitrogen and oxygen atoms in total. The number of thioether (sulfide) groups is 1. The fraction of sp³-hybridized carbons (Fsp3) is 0.450. The first-order valence-corrected chi connectivity index (χ1v) is 10.4. The van der Waals surface area contributed by atoms with Crippen LogP contribution >= 0.6 is 11.8 Å². The number of ether oxygens (including phenoxy) is 2. The maximum Gasteiger partial charge on any atom is 0.347 e. The lowest BCUT2D eigenvalue weighted by atomic mass is 10.2. The van der Waals surface area contributed by atoms with Crippen molar-refractivity contribution in [2.24, 2.45) is 4.99 Å². The molecule has 0 radical (unpaired) electrons. The molecule has 0 unspecified atom stereocenters. The molecule has 8 heteroatoms. The van der Waals surface area contributed by atoms with Crippen molar-refractivity contribution in [2.45, 2.75) is 32.1 Å². The summed E-state index contributed by atoms with van der Waals surface area (Å²) in [6, 6.07) is 6.12. The van der Waals surface area contributed by atoms with Gasteiger partial charge >= 0.3 is 11.9 Å². The van der Waals surface area contributed by atoms with Crippen molar-refractivity contribution >= 4 is 40.2 Å². The topological polar surface area (TPSA) is 71.4 Å². The van der Waals surface area contributed by atoms with Crippen LogP contribution in [0.1, 0.15) is 27.2 Å². The van der Waals surface area contributed by atoms with Crippen molar-refractivity contribution in [1.82, 2.24) is 0 Å². The van der Waals surface area contributed by atoms with Gasteiger partial charge in [0.05, 0.1) is 18.9 Å². The molecule has 0 fully saturated rings. The summed E-state index contributed by atoms with van der Waals surface area (Å²) >= 11 is 1.68. The lowest BCUT2D eigenvalue weighted by Gasteiger charge is -2.25. The molecule has 28 heavy (non-hydrogen) atoms. The molecule has 1 aromatic carbocycles. The number of aliphatic imine (C=N–C) groups is 1. The summed E-state index contributed by atoms with van der Waals surface area (Å²) in [5, 5.41) is 1.04. The number of carbonyl (C=O) groups excluding carboxylic acids is 2. The van der Waals surface area contributed by atoms with E-state index in [1.807, 2.05) is 17.9 Å². The van der Waals surface area contributed by atoms with E-state index in [1.165, 1.54) is 11.1 Å². The average molecular weight is 404 g/mol. The number of esters is 2. The van der Waals surface area contributed by atoms with E-state index in [1.54, 1.807) is 25.6 Å². The number of hydrogen-bond donors (Lipinski definition) is 0. The second-order valence-electron chi connectivity index (χ2n) is 6.19. The third kappa shape index (κ3) is 4.16. The fourth-order valence-electron chi connectivity index (χ4n) is 3.09. The third-order valence-corrected chi connectivity index (χ3v) is 5.50. The SMILES string of the molecule is CCOC(=O)C(=CN(CC)c1ccc2c(c1)N1CCCN=C1S2)C(=O)OCC. The van der Waals surface area contributed by atoms with E-state index in [0.717, 1.165) is 36.1 Å². The molecule has 0 atom stereocenters. The molecule has 150 valence electrons. The molecule has 2 heterocycles. The van der Waals surface area contributed by atoms with Gasteiger partial charge in [-0.25, -0.2) is 9.59 Å². The van der Waals surface area contributed by atoms with E-state index in [9.17, 15) is 9.59 Å². The van der Waals surface area contributed by atoms with Gasteiger partial charge in [-0.3, -0.25) is 4.99 Å². The first-order chi connectivity index (χ1) is 13.6. The Morgan fingerprint density at radius 1 is 1.21 bits per heavy atom. The Balaban J connectivity index is 1.93. The van der Waals surface area contributed by atoms with E-state index in [4.69, 9.17) is 9.47 Å². The Hall–Kier alpha value is -2.48. The molecule has 0 saturated carbocycles. The van der Waals surface area contributed by atoms with Crippen LogP contribution in [0.15, 0.2) is 39.9 Å². The zero-order chi connectivity index (χ0) is 20.1. The maximum absolute atomic E-state index is 12.3. The Morgan fingerprint density at radius 2 is 1.93 bits per heavy atom. The molecule has 0 amide bonds. The number of carbonyl (C=O) groups is 2. The van der Waals surface area contributed by atoms with Crippen molar-refractivity contribution in [3.05, 3.63) is 30.0 Å². The summed E-state index contributed by atoms with van der Waals surface area (Å²) in [5.74, 6) is -1.36. The van der Waals surface area contributed by atoms with Crippen LogP contribution in [0.3, 0.4) is 0 Å². The third-order valence-electron chi connectivity index (χ3n) is 4.40. The van der Waals surface area contributed by atoms with E-state index >= 15 is 0 Å². The van der Waals surface area contributed by atoms with Crippen molar-refractivity contribution in [3.63, 3.8) is 0 Å². The number of hydrogen-bond acceptors (Lipinski definition) is 8. The minimum atomic E-state index is -0.679. The van der Waals surface area contributed by atoms with Crippen molar-refractivity contribution in [1.29, 1.82) is 0 Å². The Labute approximate surface area is 169 Å². The van der Waals surface area contributed by atoms with Crippen LogP contribution in [0.5, 0.6) is 0 Å². The summed E-state index contributed by atoms with van der Waals surface area (Å²) in [6.07, 6.45) is 2.55. The zero-order valence-electron chi connectivity index (χ0n) is 16.4. The van der Waals surface area contributed by atoms with Crippen LogP contribution in [0.4, 0.5) is 11.4 Å². The maximum atomic E-state index is 12.3. The van der Waals surface area contributed by atoms with Crippen LogP contribution in [-0.2, 0) is 19.1 Å². The quantitative estimate of drug-likeness (QED) is 0.300. The van der Waals surface area contributed by atoms with Gasteiger partial charge in [0, 0.05) is 36.4 Å². The molecular formula is C20H25N3O4S. The Morgan fingerprint density at radius 3 is 2.57 bits per heavy atom. The number of amidine groups is 1. The second-order valence-corrected chi connectivity index (χ2v) is 7.20. The van der Waals surface area contributed by atoms with Crippen LogP contribution < -0.4 is 9.80 Å². The van der Waals surface area contributed by atoms with Gasteiger partial charge in [0.25, 0.3) is 0 Å². The first-order valence-electron chi connectivity index (χ1n) is 9.55. The summed E-state index contributed by atoms with van der Waals surface area (Å²) in [4.78, 5) is 34.4. The molecule has 0 bridgehead atoms. The molecule has 0 aliphatic carbocycles. The monoisotopic (exact) mass is 403 g/mol. The van der Waals surface area contributed by atoms with Crippen LogP contribution in [0.2, 0.25) is 0 Å². The number of nitrogens with zero attached hydrogens (tertiary/aromatic N) is 3. The minimum absolute atomic E-state index is 0.111. The second kappa shape index (κ2) is 9.14. The van der Waals surface area contributed by atoms with Crippen LogP contribution in [-0.4, -0.2) is 50.0 Å². The van der Waals surface area contributed by atoms with E-state index in [0.29, 0.717) is 6.54 Å². The smallest absolute Gasteiger partial charge is 0.347 e. The summed E-state index contributed by atoms with van der Waals surface area (Å²) in [5.41, 5.74) is 1.89. The zero-order valence-corrected chi connectivity index (χ0v) is 17.3. The molecule has 3 rings (SSSR count). The minimum Gasteiger partial charge on any atom is -0.462 e. The molecule has 0 spiro atoms. The van der Waals surface area contributed by atoms with E-state index in [2.05, 4.69) is 22.0 Å². The largest absolute Gasteiger partial charge is 0.462 e. The number of anilines is 2. The number of benzene rings is 1. The highest BCUT2D eigenvalue weighted by molar-refractivity contribution is 8.14. The molecule has 2 aliphatic heterocycles. The van der Waals surface area contributed by atoms with E-state index < -0.39 is 11.9 Å². The molecule has 0 aromatic heterocycles. The molecule has 0 saturated heterocycles. The highest BCUT2D eigenvalue weighted by Gasteiger charge is 2.29. The van der Waals surface area contributed by atoms with Crippen molar-refractivity contribution in [3.8, 4) is 0 Å². The number of fused-ring (bicyclic) bond motifs is 3. The molecule has 2 aliphatic rings. The Bertz CT molecular complexity index is 802. The van der Waals surface area contributed by atoms with Gasteiger partial charge in [0.15, 0.2) is 10.7 Å². The average Bonchev–Trinajstić information content (AvgIpc) is 3.07. The van der Waals surface area contributed by atoms with Gasteiger partial charge in [-0.1, -0.05) is 0 Å². The highest BCUT2D eigenvalue weighted by atomic mass is 32.2. The Kier molecular flexibility index (Phi) is 6.61. The predicted octanol–water partition coefficient (Wildman–Crippen LogP) is 3.19. The lowest BCUT2D eigenvalue weighted by molar-refractivity contribution is -0.146. The summed E-state index contributed by atoms with van der Waals surface area (Å²) < 4.78 is 10.1. The normalized spacial score (nSPS) is 14.5. The standard InChI is InChI=1S/C20H25N3O4S/c1-4-22(13-15(18(24)26-5-2)19(25)27-6-3)14-8-9-17-16(12-14)23-11-7-10-21-20(23)28-17/h8-9,12-13H,4-7,10-11H2,1-3H3. The van der Waals surface area contributed by atoms with Gasteiger partial charge in [0.1, 0.15) is 0 Å². The lowest BCUT2D eigenvalue weighted by Crippen LogP contribution is -2.30. The summed E-state index contributed by atoms with van der Waals surface area (Å²) in [6.45, 7) is 8.13.